The molecule has 0 saturated carbocycles. The number of hydrogen-bond acceptors (Lipinski definition) is 3. The minimum atomic E-state index is 0.261. The van der Waals surface area contributed by atoms with E-state index in [-0.39, 0.29) is 6.04 Å². The number of nitrogens with zero attached hydrogens (tertiary/aromatic N) is 2. The molecule has 17 heavy (non-hydrogen) atoms. The average molecular weight is 231 g/mol. The molecule has 0 radical (unpaired) electrons. The zero-order chi connectivity index (χ0) is 12.1. The largest absolute Gasteiger partial charge is 0.383 e. The molecule has 1 aromatic carbocycles. The number of methoxy groups -OCH3 is 1. The van der Waals surface area contributed by atoms with Crippen LogP contribution in [0.15, 0.2) is 42.7 Å². The van der Waals surface area contributed by atoms with Gasteiger partial charge in [0.25, 0.3) is 0 Å². The number of aromatic nitrogens is 2. The molecule has 1 N–H and O–H groups in total. The third kappa shape index (κ3) is 2.85. The summed E-state index contributed by atoms with van der Waals surface area (Å²) in [4.78, 5) is 0. The van der Waals surface area contributed by atoms with Crippen molar-refractivity contribution >= 4 is 5.69 Å². The molecule has 1 aromatic heterocycles. The van der Waals surface area contributed by atoms with Crippen LogP contribution in [0.1, 0.15) is 6.92 Å². The summed E-state index contributed by atoms with van der Waals surface area (Å²) >= 11 is 0. The summed E-state index contributed by atoms with van der Waals surface area (Å²) in [6, 6.07) is 10.3. The van der Waals surface area contributed by atoms with Crippen LogP contribution in [0.25, 0.3) is 5.69 Å². The first kappa shape index (κ1) is 11.7. The van der Waals surface area contributed by atoms with Crippen LogP contribution >= 0.6 is 0 Å². The Morgan fingerprint density at radius 2 is 2.18 bits per heavy atom. The van der Waals surface area contributed by atoms with Gasteiger partial charge in [0.15, 0.2) is 0 Å². The molecule has 0 aliphatic heterocycles. The molecule has 0 amide bonds. The van der Waals surface area contributed by atoms with Crippen molar-refractivity contribution in [1.29, 1.82) is 0 Å². The van der Waals surface area contributed by atoms with Crippen LogP contribution in [0, 0.1) is 0 Å². The fourth-order valence-corrected chi connectivity index (χ4v) is 1.76. The van der Waals surface area contributed by atoms with Gasteiger partial charge in [-0.3, -0.25) is 0 Å². The quantitative estimate of drug-likeness (QED) is 0.858. The average Bonchev–Trinajstić information content (AvgIpc) is 2.83. The van der Waals surface area contributed by atoms with Crippen molar-refractivity contribution in [2.45, 2.75) is 13.0 Å². The Balaban J connectivity index is 2.22. The minimum absolute atomic E-state index is 0.261. The first-order valence-corrected chi connectivity index (χ1v) is 5.66. The maximum atomic E-state index is 5.12. The van der Waals surface area contributed by atoms with Gasteiger partial charge in [0.2, 0.25) is 0 Å². The van der Waals surface area contributed by atoms with Crippen molar-refractivity contribution in [3.63, 3.8) is 0 Å². The fraction of sp³-hybridized carbons (Fsp3) is 0.308. The molecule has 4 nitrogen and oxygen atoms in total. The van der Waals surface area contributed by atoms with E-state index in [1.165, 1.54) is 0 Å². The highest BCUT2D eigenvalue weighted by Crippen LogP contribution is 2.19. The van der Waals surface area contributed by atoms with Crippen LogP contribution in [0.5, 0.6) is 0 Å². The van der Waals surface area contributed by atoms with E-state index < -0.39 is 0 Å². The van der Waals surface area contributed by atoms with Crippen LogP contribution in [0.3, 0.4) is 0 Å². The molecule has 0 aliphatic carbocycles. The van der Waals surface area contributed by atoms with Crippen molar-refractivity contribution in [2.75, 3.05) is 19.0 Å². The maximum Gasteiger partial charge on any atom is 0.0876 e. The van der Waals surface area contributed by atoms with Gasteiger partial charge in [-0.05, 0) is 25.1 Å². The van der Waals surface area contributed by atoms with E-state index in [2.05, 4.69) is 17.3 Å². The second-order valence-corrected chi connectivity index (χ2v) is 3.97. The van der Waals surface area contributed by atoms with Crippen molar-refractivity contribution in [3.8, 4) is 5.69 Å². The van der Waals surface area contributed by atoms with Crippen LogP contribution in [-0.4, -0.2) is 29.5 Å². The maximum absolute atomic E-state index is 5.12. The topological polar surface area (TPSA) is 39.1 Å². The standard InChI is InChI=1S/C13H17N3O/c1-11(10-17-2)15-12-6-3-4-7-13(12)16-9-5-8-14-16/h3-9,11,15H,10H2,1-2H3. The monoisotopic (exact) mass is 231 g/mol. The molecule has 0 aliphatic rings. The lowest BCUT2D eigenvalue weighted by atomic mass is 10.2. The van der Waals surface area contributed by atoms with E-state index >= 15 is 0 Å². The highest BCUT2D eigenvalue weighted by atomic mass is 16.5. The number of nitrogens with one attached hydrogen (secondary N) is 1. The smallest absolute Gasteiger partial charge is 0.0876 e. The molecule has 2 rings (SSSR count). The van der Waals surface area contributed by atoms with E-state index in [9.17, 15) is 0 Å². The van der Waals surface area contributed by atoms with Gasteiger partial charge in [-0.1, -0.05) is 12.1 Å². The predicted octanol–water partition coefficient (Wildman–Crippen LogP) is 2.32. The number of hydrogen-bond donors (Lipinski definition) is 1. The van der Waals surface area contributed by atoms with E-state index in [4.69, 9.17) is 4.74 Å². The summed E-state index contributed by atoms with van der Waals surface area (Å²) in [7, 11) is 1.71. The van der Waals surface area contributed by atoms with Gasteiger partial charge in [-0.2, -0.15) is 5.10 Å². The van der Waals surface area contributed by atoms with Gasteiger partial charge >= 0.3 is 0 Å². The summed E-state index contributed by atoms with van der Waals surface area (Å²) in [5, 5.41) is 7.66. The second kappa shape index (κ2) is 5.50. The molecule has 0 spiro atoms. The molecule has 1 heterocycles. The molecular weight excluding hydrogens is 214 g/mol. The summed E-state index contributed by atoms with van der Waals surface area (Å²) in [5.74, 6) is 0. The Morgan fingerprint density at radius 3 is 2.88 bits per heavy atom. The Hall–Kier alpha value is -1.81. The van der Waals surface area contributed by atoms with Gasteiger partial charge in [-0.25, -0.2) is 4.68 Å². The Bertz CT molecular complexity index is 453. The zero-order valence-electron chi connectivity index (χ0n) is 10.1. The van der Waals surface area contributed by atoms with Crippen molar-refractivity contribution in [1.82, 2.24) is 9.78 Å². The normalized spacial score (nSPS) is 12.4. The summed E-state index contributed by atoms with van der Waals surface area (Å²) in [6.07, 6.45) is 3.71. The van der Waals surface area contributed by atoms with Gasteiger partial charge in [0.1, 0.15) is 0 Å². The van der Waals surface area contributed by atoms with Crippen molar-refractivity contribution in [2.24, 2.45) is 0 Å². The lowest BCUT2D eigenvalue weighted by Crippen LogP contribution is -2.21. The molecule has 2 aromatic rings. The SMILES string of the molecule is COCC(C)Nc1ccccc1-n1cccn1. The lowest BCUT2D eigenvalue weighted by molar-refractivity contribution is 0.190. The Morgan fingerprint density at radius 1 is 1.35 bits per heavy atom. The molecule has 4 heteroatoms. The first-order valence-electron chi connectivity index (χ1n) is 5.66. The third-order valence-corrected chi connectivity index (χ3v) is 2.47. The van der Waals surface area contributed by atoms with E-state index in [0.717, 1.165) is 11.4 Å². The van der Waals surface area contributed by atoms with Crippen molar-refractivity contribution < 1.29 is 4.74 Å². The molecule has 0 saturated heterocycles. The van der Waals surface area contributed by atoms with E-state index in [0.29, 0.717) is 6.61 Å². The number of rotatable bonds is 5. The van der Waals surface area contributed by atoms with Crippen LogP contribution < -0.4 is 5.32 Å². The molecule has 90 valence electrons. The second-order valence-electron chi connectivity index (χ2n) is 3.97. The number of para-hydroxylation sites is 2. The first-order chi connectivity index (χ1) is 8.31. The van der Waals surface area contributed by atoms with Crippen LogP contribution in [0.4, 0.5) is 5.69 Å². The zero-order valence-corrected chi connectivity index (χ0v) is 10.1. The number of benzene rings is 1. The number of ether oxygens (including phenoxy) is 1. The Kier molecular flexibility index (Phi) is 3.77. The molecule has 1 unspecified atom stereocenters. The number of anilines is 1. The molecule has 0 fully saturated rings. The van der Waals surface area contributed by atoms with E-state index in [1.807, 2.05) is 41.2 Å². The highest BCUT2D eigenvalue weighted by molar-refractivity contribution is 5.60. The van der Waals surface area contributed by atoms with Gasteiger partial charge < -0.3 is 10.1 Å². The molecular formula is C13H17N3O. The highest BCUT2D eigenvalue weighted by Gasteiger charge is 2.07. The van der Waals surface area contributed by atoms with Gasteiger partial charge in [0.05, 0.1) is 18.0 Å². The van der Waals surface area contributed by atoms with Gasteiger partial charge in [0, 0.05) is 25.5 Å². The lowest BCUT2D eigenvalue weighted by Gasteiger charge is -2.17. The summed E-state index contributed by atoms with van der Waals surface area (Å²) < 4.78 is 6.97. The van der Waals surface area contributed by atoms with E-state index in [1.54, 1.807) is 13.3 Å². The fourth-order valence-electron chi connectivity index (χ4n) is 1.76. The predicted molar refractivity (Wildman–Crippen MR) is 68.5 cm³/mol. The van der Waals surface area contributed by atoms with Gasteiger partial charge in [-0.15, -0.1) is 0 Å². The third-order valence-electron chi connectivity index (χ3n) is 2.47. The summed E-state index contributed by atoms with van der Waals surface area (Å²) in [5.41, 5.74) is 2.10. The summed E-state index contributed by atoms with van der Waals surface area (Å²) in [6.45, 7) is 2.76. The Labute approximate surface area is 101 Å². The van der Waals surface area contributed by atoms with Crippen LogP contribution in [0.2, 0.25) is 0 Å². The molecule has 1 atom stereocenters. The van der Waals surface area contributed by atoms with Crippen molar-refractivity contribution in [3.05, 3.63) is 42.7 Å². The minimum Gasteiger partial charge on any atom is -0.383 e. The molecule has 0 bridgehead atoms. The van der Waals surface area contributed by atoms with Crippen LogP contribution in [-0.2, 0) is 4.74 Å².